The van der Waals surface area contributed by atoms with E-state index in [0.29, 0.717) is 0 Å². The van der Waals surface area contributed by atoms with Gasteiger partial charge in [-0.3, -0.25) is 14.9 Å². The van der Waals surface area contributed by atoms with Gasteiger partial charge in [-0.25, -0.2) is 8.42 Å². The molecule has 1 atom stereocenters. The molecule has 2 N–H and O–H groups in total. The van der Waals surface area contributed by atoms with Crippen LogP contribution in [0.5, 0.6) is 0 Å². The molecule has 1 rings (SSSR count). The highest BCUT2D eigenvalue weighted by Crippen LogP contribution is 2.16. The van der Waals surface area contributed by atoms with Crippen molar-refractivity contribution in [1.82, 2.24) is 4.72 Å². The minimum Gasteiger partial charge on any atom is -0.480 e. The Morgan fingerprint density at radius 1 is 1.42 bits per heavy atom. The SMILES string of the molecule is CC[C@@H](NS(=O)(=O)c1ccc([N+](=O)[O-])cc1)C(=O)O. The molecular weight excluding hydrogens is 276 g/mol. The number of benzene rings is 1. The van der Waals surface area contributed by atoms with Gasteiger partial charge in [-0.1, -0.05) is 6.92 Å². The fourth-order valence-corrected chi connectivity index (χ4v) is 2.58. The topological polar surface area (TPSA) is 127 Å². The van der Waals surface area contributed by atoms with E-state index in [0.717, 1.165) is 24.3 Å². The summed E-state index contributed by atoms with van der Waals surface area (Å²) >= 11 is 0. The molecule has 1 aromatic rings. The minimum atomic E-state index is -4.01. The average molecular weight is 288 g/mol. The number of nitrogens with one attached hydrogen (secondary N) is 1. The molecule has 0 aliphatic heterocycles. The molecular formula is C10H12N2O6S. The van der Waals surface area contributed by atoms with Crippen LogP contribution in [0.2, 0.25) is 0 Å². The molecule has 104 valence electrons. The van der Waals surface area contributed by atoms with E-state index in [4.69, 9.17) is 5.11 Å². The highest BCUT2D eigenvalue weighted by molar-refractivity contribution is 7.89. The quantitative estimate of drug-likeness (QED) is 0.587. The molecule has 0 saturated carbocycles. The Bertz CT molecular complexity index is 581. The first kappa shape index (κ1) is 15.1. The molecule has 0 aliphatic rings. The number of carboxylic acids is 1. The lowest BCUT2D eigenvalue weighted by molar-refractivity contribution is -0.384. The van der Waals surface area contributed by atoms with Gasteiger partial charge in [0.15, 0.2) is 0 Å². The Balaban J connectivity index is 3.00. The second-order valence-electron chi connectivity index (χ2n) is 3.67. The number of nitro groups is 1. The van der Waals surface area contributed by atoms with Gasteiger partial charge in [0.1, 0.15) is 6.04 Å². The fourth-order valence-electron chi connectivity index (χ4n) is 1.31. The van der Waals surface area contributed by atoms with E-state index in [1.54, 1.807) is 0 Å². The largest absolute Gasteiger partial charge is 0.480 e. The first-order chi connectivity index (χ1) is 8.77. The van der Waals surface area contributed by atoms with E-state index in [1.165, 1.54) is 6.92 Å². The van der Waals surface area contributed by atoms with Crippen LogP contribution in [0.25, 0.3) is 0 Å². The molecule has 0 aromatic heterocycles. The molecule has 0 saturated heterocycles. The molecule has 0 radical (unpaired) electrons. The van der Waals surface area contributed by atoms with E-state index in [1.807, 2.05) is 4.72 Å². The summed E-state index contributed by atoms with van der Waals surface area (Å²) in [4.78, 5) is 20.3. The molecule has 0 bridgehead atoms. The van der Waals surface area contributed by atoms with Crippen molar-refractivity contribution in [3.05, 3.63) is 34.4 Å². The third-order valence-electron chi connectivity index (χ3n) is 2.36. The van der Waals surface area contributed by atoms with Gasteiger partial charge in [-0.15, -0.1) is 0 Å². The van der Waals surface area contributed by atoms with Crippen LogP contribution in [0.1, 0.15) is 13.3 Å². The lowest BCUT2D eigenvalue weighted by atomic mass is 10.2. The van der Waals surface area contributed by atoms with Gasteiger partial charge < -0.3 is 5.11 Å². The Kier molecular flexibility index (Phi) is 4.57. The number of non-ortho nitro benzene ring substituents is 1. The van der Waals surface area contributed by atoms with Crippen molar-refractivity contribution in [2.45, 2.75) is 24.3 Å². The predicted octanol–water partition coefficient (Wildman–Crippen LogP) is 0.736. The van der Waals surface area contributed by atoms with Crippen LogP contribution in [-0.4, -0.2) is 30.5 Å². The maximum absolute atomic E-state index is 11.8. The first-order valence-corrected chi connectivity index (χ1v) is 6.76. The van der Waals surface area contributed by atoms with E-state index in [-0.39, 0.29) is 17.0 Å². The van der Waals surface area contributed by atoms with Crippen molar-refractivity contribution in [1.29, 1.82) is 0 Å². The van der Waals surface area contributed by atoms with Gasteiger partial charge in [0.05, 0.1) is 9.82 Å². The maximum atomic E-state index is 11.8. The first-order valence-electron chi connectivity index (χ1n) is 5.27. The number of hydrogen-bond acceptors (Lipinski definition) is 5. The number of aliphatic carboxylic acids is 1. The summed E-state index contributed by atoms with van der Waals surface area (Å²) in [6.07, 6.45) is 0.0849. The molecule has 1 aromatic carbocycles. The van der Waals surface area contributed by atoms with Crippen LogP contribution in [0.3, 0.4) is 0 Å². The lowest BCUT2D eigenvalue weighted by Gasteiger charge is -2.12. The van der Waals surface area contributed by atoms with Crippen LogP contribution in [0.15, 0.2) is 29.2 Å². The fraction of sp³-hybridized carbons (Fsp3) is 0.300. The van der Waals surface area contributed by atoms with Crippen molar-refractivity contribution < 1.29 is 23.2 Å². The maximum Gasteiger partial charge on any atom is 0.321 e. The standard InChI is InChI=1S/C10H12N2O6S/c1-2-9(10(13)14)11-19(17,18)8-5-3-7(4-6-8)12(15)16/h3-6,9,11H,2H2,1H3,(H,13,14)/t9-/m1/s1. The van der Waals surface area contributed by atoms with Gasteiger partial charge >= 0.3 is 5.97 Å². The minimum absolute atomic E-state index is 0.0849. The normalized spacial score (nSPS) is 12.9. The Labute approximate surface area is 109 Å². The number of sulfonamides is 1. The smallest absolute Gasteiger partial charge is 0.321 e. The number of nitrogens with zero attached hydrogens (tertiary/aromatic N) is 1. The van der Waals surface area contributed by atoms with E-state index < -0.39 is 27.0 Å². The molecule has 0 unspecified atom stereocenters. The number of carbonyl (C=O) groups is 1. The zero-order valence-electron chi connectivity index (χ0n) is 9.94. The Morgan fingerprint density at radius 3 is 2.32 bits per heavy atom. The third kappa shape index (κ3) is 3.73. The van der Waals surface area contributed by atoms with Gasteiger partial charge in [0.25, 0.3) is 5.69 Å². The molecule has 19 heavy (non-hydrogen) atoms. The molecule has 0 heterocycles. The molecule has 0 aliphatic carbocycles. The number of nitro benzene ring substituents is 1. The summed E-state index contributed by atoms with van der Waals surface area (Å²) in [6, 6.07) is 2.94. The molecule has 0 spiro atoms. The molecule has 0 amide bonds. The third-order valence-corrected chi connectivity index (χ3v) is 3.85. The molecule has 0 fully saturated rings. The number of hydrogen-bond donors (Lipinski definition) is 2. The Hall–Kier alpha value is -2.00. The molecule has 8 nitrogen and oxygen atoms in total. The zero-order chi connectivity index (χ0) is 14.6. The summed E-state index contributed by atoms with van der Waals surface area (Å²) < 4.78 is 25.7. The van der Waals surface area contributed by atoms with Crippen LogP contribution in [0, 0.1) is 10.1 Å². The predicted molar refractivity (Wildman–Crippen MR) is 65.1 cm³/mol. The summed E-state index contributed by atoms with van der Waals surface area (Å²) in [5, 5.41) is 19.2. The highest BCUT2D eigenvalue weighted by atomic mass is 32.2. The van der Waals surface area contributed by atoms with Crippen LogP contribution >= 0.6 is 0 Å². The van der Waals surface area contributed by atoms with Gasteiger partial charge in [-0.2, -0.15) is 4.72 Å². The van der Waals surface area contributed by atoms with Crippen molar-refractivity contribution in [3.8, 4) is 0 Å². The highest BCUT2D eigenvalue weighted by Gasteiger charge is 2.24. The zero-order valence-corrected chi connectivity index (χ0v) is 10.8. The Morgan fingerprint density at radius 2 is 1.95 bits per heavy atom. The van der Waals surface area contributed by atoms with Crippen LogP contribution < -0.4 is 4.72 Å². The second-order valence-corrected chi connectivity index (χ2v) is 5.39. The van der Waals surface area contributed by atoms with E-state index >= 15 is 0 Å². The second kappa shape index (κ2) is 5.76. The van der Waals surface area contributed by atoms with Crippen LogP contribution in [-0.2, 0) is 14.8 Å². The summed E-state index contributed by atoms with van der Waals surface area (Å²) in [7, 11) is -4.01. The number of carboxylic acid groups (broad SMARTS) is 1. The monoisotopic (exact) mass is 288 g/mol. The van der Waals surface area contributed by atoms with Crippen LogP contribution in [0.4, 0.5) is 5.69 Å². The average Bonchev–Trinajstić information content (AvgIpc) is 2.35. The van der Waals surface area contributed by atoms with Crippen molar-refractivity contribution in [2.24, 2.45) is 0 Å². The summed E-state index contributed by atoms with van der Waals surface area (Å²) in [5.41, 5.74) is -0.246. The number of rotatable bonds is 6. The van der Waals surface area contributed by atoms with Gasteiger partial charge in [0, 0.05) is 12.1 Å². The van der Waals surface area contributed by atoms with Crippen molar-refractivity contribution in [2.75, 3.05) is 0 Å². The molecule has 9 heteroatoms. The van der Waals surface area contributed by atoms with Crippen molar-refractivity contribution in [3.63, 3.8) is 0 Å². The van der Waals surface area contributed by atoms with E-state index in [2.05, 4.69) is 0 Å². The van der Waals surface area contributed by atoms with Gasteiger partial charge in [0.2, 0.25) is 10.0 Å². The summed E-state index contributed by atoms with van der Waals surface area (Å²) in [6.45, 7) is 1.52. The summed E-state index contributed by atoms with van der Waals surface area (Å²) in [5.74, 6) is -1.28. The van der Waals surface area contributed by atoms with Crippen molar-refractivity contribution >= 4 is 21.7 Å². The van der Waals surface area contributed by atoms with Gasteiger partial charge in [-0.05, 0) is 18.6 Å². The van der Waals surface area contributed by atoms with E-state index in [9.17, 15) is 23.3 Å². The lowest BCUT2D eigenvalue weighted by Crippen LogP contribution is -2.40.